The first-order valence-corrected chi connectivity index (χ1v) is 18.2. The molecule has 0 saturated carbocycles. The van der Waals surface area contributed by atoms with Crippen molar-refractivity contribution in [2.45, 2.75) is 0 Å². The minimum absolute atomic E-state index is 0.618. The zero-order valence-corrected chi connectivity index (χ0v) is 28.5. The highest BCUT2D eigenvalue weighted by Crippen LogP contribution is 2.48. The molecule has 0 bridgehead atoms. The van der Waals surface area contributed by atoms with Gasteiger partial charge in [-0.25, -0.2) is 9.97 Å². The van der Waals surface area contributed by atoms with Crippen molar-refractivity contribution in [3.8, 4) is 17.2 Å². The highest BCUT2D eigenvalue weighted by Gasteiger charge is 2.27. The molecule has 8 aromatic carbocycles. The van der Waals surface area contributed by atoms with Crippen molar-refractivity contribution in [1.82, 2.24) is 18.9 Å². The van der Waals surface area contributed by atoms with Crippen molar-refractivity contribution >= 4 is 115 Å². The van der Waals surface area contributed by atoms with Gasteiger partial charge >= 0.3 is 0 Å². The van der Waals surface area contributed by atoms with Gasteiger partial charge in [0.25, 0.3) is 0 Å². The van der Waals surface area contributed by atoms with Gasteiger partial charge in [0.2, 0.25) is 5.95 Å². The predicted octanol–water partition coefficient (Wildman–Crippen LogP) is 12.8. The van der Waals surface area contributed by atoms with Gasteiger partial charge in [-0.2, -0.15) is 0 Å². The Morgan fingerprint density at radius 2 is 1.11 bits per heavy atom. The SMILES string of the molecule is c1ccc2c(c1)ccc1oc3cc(-c4nc(-n5c6ccc7oc8ccc9c%10ccccc%10n%10c%11cccc5c%11c6c7c8c9%10)nc5ccccc45)ccc3c12. The molecule has 0 N–H and O–H groups in total. The summed E-state index contributed by atoms with van der Waals surface area (Å²) < 4.78 is 17.8. The molecule has 0 atom stereocenters. The highest BCUT2D eigenvalue weighted by molar-refractivity contribution is 6.37. The van der Waals surface area contributed by atoms with E-state index in [1.807, 2.05) is 6.07 Å². The van der Waals surface area contributed by atoms with Gasteiger partial charge in [0.1, 0.15) is 22.3 Å². The first kappa shape index (κ1) is 27.2. The Labute approximate surface area is 304 Å². The third kappa shape index (κ3) is 3.16. The molecule has 6 nitrogen and oxygen atoms in total. The van der Waals surface area contributed by atoms with Crippen molar-refractivity contribution in [3.05, 3.63) is 146 Å². The van der Waals surface area contributed by atoms with E-state index in [2.05, 4.69) is 148 Å². The van der Waals surface area contributed by atoms with Crippen molar-refractivity contribution in [1.29, 1.82) is 0 Å². The van der Waals surface area contributed by atoms with Crippen molar-refractivity contribution in [3.63, 3.8) is 0 Å². The van der Waals surface area contributed by atoms with E-state index in [1.54, 1.807) is 0 Å². The predicted molar refractivity (Wildman–Crippen MR) is 220 cm³/mol. The van der Waals surface area contributed by atoms with Crippen LogP contribution < -0.4 is 0 Å². The topological polar surface area (TPSA) is 61.4 Å². The number of hydrogen-bond donors (Lipinski definition) is 0. The van der Waals surface area contributed by atoms with Gasteiger partial charge in [-0.05, 0) is 77.5 Å². The van der Waals surface area contributed by atoms with Crippen LogP contribution in [-0.2, 0) is 0 Å². The third-order valence-corrected chi connectivity index (χ3v) is 11.8. The molecule has 6 heteroatoms. The number of rotatable bonds is 2. The van der Waals surface area contributed by atoms with Gasteiger partial charge < -0.3 is 13.2 Å². The molecule has 0 spiro atoms. The molecule has 14 aromatic rings. The molecule has 248 valence electrons. The molecule has 0 aliphatic carbocycles. The normalized spacial score (nSPS) is 12.8. The van der Waals surface area contributed by atoms with Crippen LogP contribution in [0.4, 0.5) is 0 Å². The molecule has 0 aliphatic rings. The van der Waals surface area contributed by atoms with E-state index in [9.17, 15) is 0 Å². The maximum Gasteiger partial charge on any atom is 0.235 e. The highest BCUT2D eigenvalue weighted by atomic mass is 16.3. The van der Waals surface area contributed by atoms with Crippen LogP contribution in [0.25, 0.3) is 132 Å². The molecular weight excluding hydrogens is 665 g/mol. The molecule has 54 heavy (non-hydrogen) atoms. The van der Waals surface area contributed by atoms with Gasteiger partial charge in [0.15, 0.2) is 0 Å². The lowest BCUT2D eigenvalue weighted by Gasteiger charge is -2.12. The minimum Gasteiger partial charge on any atom is -0.456 e. The summed E-state index contributed by atoms with van der Waals surface area (Å²) in [4.78, 5) is 10.7. The molecule has 0 aliphatic heterocycles. The van der Waals surface area contributed by atoms with Crippen LogP contribution in [0.2, 0.25) is 0 Å². The van der Waals surface area contributed by atoms with E-state index in [-0.39, 0.29) is 0 Å². The Hall–Kier alpha value is -7.44. The summed E-state index contributed by atoms with van der Waals surface area (Å²) in [5, 5.41) is 12.7. The lowest BCUT2D eigenvalue weighted by atomic mass is 10.0. The monoisotopic (exact) mass is 688 g/mol. The number of fused-ring (bicyclic) bond motifs is 10. The van der Waals surface area contributed by atoms with Crippen LogP contribution in [0, 0.1) is 0 Å². The maximum atomic E-state index is 6.60. The van der Waals surface area contributed by atoms with Gasteiger partial charge in [0.05, 0.1) is 44.2 Å². The van der Waals surface area contributed by atoms with E-state index in [4.69, 9.17) is 18.8 Å². The molecule has 0 amide bonds. The number of aromatic nitrogens is 4. The molecule has 14 rings (SSSR count). The molecule has 0 radical (unpaired) electrons. The molecule has 0 saturated heterocycles. The van der Waals surface area contributed by atoms with E-state index >= 15 is 0 Å². The van der Waals surface area contributed by atoms with E-state index in [1.165, 1.54) is 32.6 Å². The summed E-state index contributed by atoms with van der Waals surface area (Å²) in [6.45, 7) is 0. The summed E-state index contributed by atoms with van der Waals surface area (Å²) in [5.41, 5.74) is 11.8. The fourth-order valence-corrected chi connectivity index (χ4v) is 9.66. The van der Waals surface area contributed by atoms with Gasteiger partial charge in [-0.1, -0.05) is 78.9 Å². The zero-order chi connectivity index (χ0) is 34.8. The van der Waals surface area contributed by atoms with Gasteiger partial charge in [0, 0.05) is 48.7 Å². The average Bonchev–Trinajstić information content (AvgIpc) is 3.95. The largest absolute Gasteiger partial charge is 0.456 e. The van der Waals surface area contributed by atoms with E-state index in [0.29, 0.717) is 5.95 Å². The van der Waals surface area contributed by atoms with Crippen LogP contribution in [0.1, 0.15) is 0 Å². The van der Waals surface area contributed by atoms with Crippen LogP contribution in [0.5, 0.6) is 0 Å². The Morgan fingerprint density at radius 1 is 0.407 bits per heavy atom. The fourth-order valence-electron chi connectivity index (χ4n) is 9.66. The van der Waals surface area contributed by atoms with Gasteiger partial charge in [-0.15, -0.1) is 0 Å². The Kier molecular flexibility index (Phi) is 4.70. The third-order valence-electron chi connectivity index (χ3n) is 11.8. The second kappa shape index (κ2) is 9.31. The number of furan rings is 2. The van der Waals surface area contributed by atoms with Crippen LogP contribution in [0.15, 0.2) is 154 Å². The Balaban J connectivity index is 1.11. The minimum atomic E-state index is 0.618. The standard InChI is InChI=1S/C48H24N4O2/c1-2-9-27-25(8-1)17-21-37-41(27)31-18-16-26(24-40(31)54-37)46-30-11-3-5-12-32(30)49-48(50-46)52-35-15-7-14-34-42(35)43-36(52)20-23-38-44(43)45-39(53-38)22-19-29-28-10-4-6-13-33(28)51(34)47(29)45/h1-24H. The lowest BCUT2D eigenvalue weighted by Crippen LogP contribution is -2.03. The van der Waals surface area contributed by atoms with Gasteiger partial charge in [-0.3, -0.25) is 4.57 Å². The quantitative estimate of drug-likeness (QED) is 0.181. The summed E-state index contributed by atoms with van der Waals surface area (Å²) in [6, 6.07) is 51.4. The van der Waals surface area contributed by atoms with Crippen molar-refractivity contribution in [2.75, 3.05) is 0 Å². The molecular formula is C48H24N4O2. The summed E-state index contributed by atoms with van der Waals surface area (Å²) >= 11 is 0. The smallest absolute Gasteiger partial charge is 0.235 e. The molecule has 6 heterocycles. The Morgan fingerprint density at radius 3 is 2.07 bits per heavy atom. The maximum absolute atomic E-state index is 6.60. The van der Waals surface area contributed by atoms with Crippen molar-refractivity contribution < 1.29 is 8.83 Å². The lowest BCUT2D eigenvalue weighted by molar-refractivity contribution is 0.669. The number of benzene rings is 8. The first-order chi connectivity index (χ1) is 26.8. The second-order valence-electron chi connectivity index (χ2n) is 14.5. The number of hydrogen-bond acceptors (Lipinski definition) is 4. The van der Waals surface area contributed by atoms with Crippen LogP contribution >= 0.6 is 0 Å². The first-order valence-electron chi connectivity index (χ1n) is 18.2. The molecule has 6 aromatic heterocycles. The van der Waals surface area contributed by atoms with Crippen molar-refractivity contribution in [2.24, 2.45) is 0 Å². The molecule has 0 fully saturated rings. The van der Waals surface area contributed by atoms with Crippen LogP contribution in [0.3, 0.4) is 0 Å². The van der Waals surface area contributed by atoms with E-state index in [0.717, 1.165) is 93.4 Å². The second-order valence-corrected chi connectivity index (χ2v) is 14.5. The summed E-state index contributed by atoms with van der Waals surface area (Å²) in [7, 11) is 0. The number of nitrogens with zero attached hydrogens (tertiary/aromatic N) is 4. The summed E-state index contributed by atoms with van der Waals surface area (Å²) in [5.74, 6) is 0.618. The average molecular weight is 689 g/mol. The van der Waals surface area contributed by atoms with Crippen LogP contribution in [-0.4, -0.2) is 18.9 Å². The zero-order valence-electron chi connectivity index (χ0n) is 28.5. The fraction of sp³-hybridized carbons (Fsp3) is 0. The number of para-hydroxylation sites is 2. The molecule has 0 unspecified atom stereocenters. The Bertz CT molecular complexity index is 3910. The van der Waals surface area contributed by atoms with E-state index < -0.39 is 0 Å². The summed E-state index contributed by atoms with van der Waals surface area (Å²) in [6.07, 6.45) is 0.